The maximum Gasteiger partial charge on any atom is 0.223 e. The number of nitrogens with two attached hydrogens (primary N) is 1. The second-order valence-corrected chi connectivity index (χ2v) is 5.07. The fourth-order valence-electron chi connectivity index (χ4n) is 1.31. The molecule has 0 saturated carbocycles. The van der Waals surface area contributed by atoms with Crippen LogP contribution in [0, 0.1) is 5.92 Å². The van der Waals surface area contributed by atoms with Crippen molar-refractivity contribution in [2.24, 2.45) is 11.7 Å². The third-order valence-electron chi connectivity index (χ3n) is 2.85. The van der Waals surface area contributed by atoms with Gasteiger partial charge in [-0.3, -0.25) is 4.79 Å². The summed E-state index contributed by atoms with van der Waals surface area (Å²) in [5, 5.41) is 0. The van der Waals surface area contributed by atoms with E-state index in [0.717, 1.165) is 19.5 Å². The Labute approximate surface area is 99.8 Å². The lowest BCUT2D eigenvalue weighted by molar-refractivity contribution is -0.130. The van der Waals surface area contributed by atoms with Crippen LogP contribution in [0.5, 0.6) is 0 Å². The number of carbonyl (C=O) groups excluding carboxylic acids is 1. The van der Waals surface area contributed by atoms with Crippen LogP contribution in [0.4, 0.5) is 0 Å². The second kappa shape index (κ2) is 7.63. The lowest BCUT2D eigenvalue weighted by Gasteiger charge is -2.22. The maximum absolute atomic E-state index is 11.7. The SMILES string of the molecule is CC(C)C(N)CCN(C)C(=O)CCN(C)C. The van der Waals surface area contributed by atoms with Crippen molar-refractivity contribution in [2.75, 3.05) is 34.2 Å². The summed E-state index contributed by atoms with van der Waals surface area (Å²) >= 11 is 0. The Morgan fingerprint density at radius 2 is 1.75 bits per heavy atom. The molecule has 4 heteroatoms. The molecule has 0 fully saturated rings. The number of hydrogen-bond donors (Lipinski definition) is 1. The fraction of sp³-hybridized carbons (Fsp3) is 0.917. The standard InChI is InChI=1S/C12H27N3O/c1-10(2)11(13)6-9-15(5)12(16)7-8-14(3)4/h10-11H,6-9,13H2,1-5H3. The topological polar surface area (TPSA) is 49.6 Å². The summed E-state index contributed by atoms with van der Waals surface area (Å²) in [6, 6.07) is 0.184. The van der Waals surface area contributed by atoms with Gasteiger partial charge in [0.15, 0.2) is 0 Å². The quantitative estimate of drug-likeness (QED) is 0.701. The van der Waals surface area contributed by atoms with E-state index in [1.165, 1.54) is 0 Å². The molecule has 0 aromatic rings. The smallest absolute Gasteiger partial charge is 0.223 e. The van der Waals surface area contributed by atoms with Crippen LogP contribution >= 0.6 is 0 Å². The lowest BCUT2D eigenvalue weighted by Crippen LogP contribution is -2.35. The first kappa shape index (κ1) is 15.4. The third-order valence-corrected chi connectivity index (χ3v) is 2.85. The minimum Gasteiger partial charge on any atom is -0.346 e. The van der Waals surface area contributed by atoms with Crippen molar-refractivity contribution in [3.63, 3.8) is 0 Å². The van der Waals surface area contributed by atoms with Crippen molar-refractivity contribution in [1.82, 2.24) is 9.80 Å². The van der Waals surface area contributed by atoms with Crippen LogP contribution < -0.4 is 5.73 Å². The molecule has 1 atom stereocenters. The Hall–Kier alpha value is -0.610. The molecule has 0 rings (SSSR count). The van der Waals surface area contributed by atoms with Crippen LogP contribution in [0.15, 0.2) is 0 Å². The molecular formula is C12H27N3O. The second-order valence-electron chi connectivity index (χ2n) is 5.07. The van der Waals surface area contributed by atoms with E-state index in [1.54, 1.807) is 4.90 Å². The first-order valence-electron chi connectivity index (χ1n) is 5.98. The molecular weight excluding hydrogens is 202 g/mol. The van der Waals surface area contributed by atoms with Crippen LogP contribution in [0.1, 0.15) is 26.7 Å². The molecule has 0 radical (unpaired) electrons. The number of rotatable bonds is 7. The van der Waals surface area contributed by atoms with E-state index in [4.69, 9.17) is 5.73 Å². The first-order chi connectivity index (χ1) is 7.34. The van der Waals surface area contributed by atoms with Crippen molar-refractivity contribution >= 4 is 5.91 Å². The Kier molecular flexibility index (Phi) is 7.34. The maximum atomic E-state index is 11.7. The zero-order chi connectivity index (χ0) is 12.7. The summed E-state index contributed by atoms with van der Waals surface area (Å²) in [7, 11) is 5.80. The fourth-order valence-corrected chi connectivity index (χ4v) is 1.31. The molecule has 0 aromatic carbocycles. The summed E-state index contributed by atoms with van der Waals surface area (Å²) in [4.78, 5) is 15.5. The van der Waals surface area contributed by atoms with Crippen molar-refractivity contribution in [3.8, 4) is 0 Å². The molecule has 2 N–H and O–H groups in total. The molecule has 0 aromatic heterocycles. The van der Waals surface area contributed by atoms with Crippen LogP contribution in [-0.4, -0.2) is 56.0 Å². The molecule has 16 heavy (non-hydrogen) atoms. The zero-order valence-electron chi connectivity index (χ0n) is 11.4. The highest BCUT2D eigenvalue weighted by molar-refractivity contribution is 5.76. The average Bonchev–Trinajstić information content (AvgIpc) is 2.21. The normalized spacial score (nSPS) is 13.2. The predicted octanol–water partition coefficient (Wildman–Crippen LogP) is 0.770. The van der Waals surface area contributed by atoms with Crippen molar-refractivity contribution < 1.29 is 4.79 Å². The van der Waals surface area contributed by atoms with Gasteiger partial charge in [-0.05, 0) is 26.4 Å². The predicted molar refractivity (Wildman–Crippen MR) is 68.2 cm³/mol. The number of carbonyl (C=O) groups is 1. The Balaban J connectivity index is 3.79. The summed E-state index contributed by atoms with van der Waals surface area (Å²) in [6.45, 7) is 5.78. The van der Waals surface area contributed by atoms with Gasteiger partial charge in [0.25, 0.3) is 0 Å². The van der Waals surface area contributed by atoms with Crippen molar-refractivity contribution in [1.29, 1.82) is 0 Å². The third kappa shape index (κ3) is 6.80. The number of nitrogens with zero attached hydrogens (tertiary/aromatic N) is 2. The minimum atomic E-state index is 0.184. The molecule has 0 heterocycles. The van der Waals surface area contributed by atoms with Gasteiger partial charge in [-0.2, -0.15) is 0 Å². The van der Waals surface area contributed by atoms with Crippen LogP contribution in [0.2, 0.25) is 0 Å². The Morgan fingerprint density at radius 1 is 1.19 bits per heavy atom. The molecule has 0 aliphatic carbocycles. The highest BCUT2D eigenvalue weighted by Gasteiger charge is 2.12. The molecule has 0 bridgehead atoms. The first-order valence-corrected chi connectivity index (χ1v) is 5.98. The monoisotopic (exact) mass is 229 g/mol. The Morgan fingerprint density at radius 3 is 2.19 bits per heavy atom. The minimum absolute atomic E-state index is 0.184. The van der Waals surface area contributed by atoms with Crippen LogP contribution in [0.3, 0.4) is 0 Å². The highest BCUT2D eigenvalue weighted by atomic mass is 16.2. The van der Waals surface area contributed by atoms with E-state index in [0.29, 0.717) is 12.3 Å². The van der Waals surface area contributed by atoms with E-state index in [1.807, 2.05) is 26.0 Å². The molecule has 1 amide bonds. The van der Waals surface area contributed by atoms with Gasteiger partial charge in [-0.15, -0.1) is 0 Å². The van der Waals surface area contributed by atoms with Gasteiger partial charge < -0.3 is 15.5 Å². The van der Waals surface area contributed by atoms with Gasteiger partial charge in [0.1, 0.15) is 0 Å². The highest BCUT2D eigenvalue weighted by Crippen LogP contribution is 2.04. The summed E-state index contributed by atoms with van der Waals surface area (Å²) in [6.07, 6.45) is 1.46. The van der Waals surface area contributed by atoms with E-state index < -0.39 is 0 Å². The summed E-state index contributed by atoms with van der Waals surface area (Å²) in [5.74, 6) is 0.676. The Bertz CT molecular complexity index is 204. The van der Waals surface area contributed by atoms with Gasteiger partial charge in [0, 0.05) is 32.6 Å². The van der Waals surface area contributed by atoms with Gasteiger partial charge in [0.2, 0.25) is 5.91 Å². The van der Waals surface area contributed by atoms with E-state index >= 15 is 0 Å². The van der Waals surface area contributed by atoms with E-state index in [2.05, 4.69) is 13.8 Å². The van der Waals surface area contributed by atoms with Gasteiger partial charge >= 0.3 is 0 Å². The average molecular weight is 229 g/mol. The van der Waals surface area contributed by atoms with Gasteiger partial charge in [0.05, 0.1) is 0 Å². The van der Waals surface area contributed by atoms with Crippen LogP contribution in [-0.2, 0) is 4.79 Å². The molecule has 1 unspecified atom stereocenters. The molecule has 0 saturated heterocycles. The molecule has 0 aliphatic heterocycles. The van der Waals surface area contributed by atoms with Crippen LogP contribution in [0.25, 0.3) is 0 Å². The van der Waals surface area contributed by atoms with Gasteiger partial charge in [-0.25, -0.2) is 0 Å². The largest absolute Gasteiger partial charge is 0.346 e. The molecule has 96 valence electrons. The van der Waals surface area contributed by atoms with Crippen molar-refractivity contribution in [3.05, 3.63) is 0 Å². The molecule has 4 nitrogen and oxygen atoms in total. The number of amides is 1. The number of hydrogen-bond acceptors (Lipinski definition) is 3. The van der Waals surface area contributed by atoms with E-state index in [-0.39, 0.29) is 11.9 Å². The molecule has 0 aliphatic rings. The summed E-state index contributed by atoms with van der Waals surface area (Å²) < 4.78 is 0. The van der Waals surface area contributed by atoms with Crippen molar-refractivity contribution in [2.45, 2.75) is 32.7 Å². The molecule has 0 spiro atoms. The van der Waals surface area contributed by atoms with Gasteiger partial charge in [-0.1, -0.05) is 13.8 Å². The summed E-state index contributed by atoms with van der Waals surface area (Å²) in [5.41, 5.74) is 5.94. The zero-order valence-corrected chi connectivity index (χ0v) is 11.4. The van der Waals surface area contributed by atoms with E-state index in [9.17, 15) is 4.79 Å². The lowest BCUT2D eigenvalue weighted by atomic mass is 10.0.